The Bertz CT molecular complexity index is 990. The number of nitrogens with zero attached hydrogens (tertiary/aromatic N) is 1. The Morgan fingerprint density at radius 1 is 1.20 bits per heavy atom. The topological polar surface area (TPSA) is 43.3 Å². The van der Waals surface area contributed by atoms with Gasteiger partial charge in [0.25, 0.3) is 0 Å². The number of para-hydroxylation sites is 1. The minimum atomic E-state index is -0.337. The van der Waals surface area contributed by atoms with E-state index in [0.29, 0.717) is 12.3 Å². The molecule has 4 nitrogen and oxygen atoms in total. The number of halogens is 1. The Balaban J connectivity index is 1.92. The number of ether oxygens (including phenoxy) is 1. The van der Waals surface area contributed by atoms with Crippen molar-refractivity contribution in [2.75, 3.05) is 6.61 Å². The monoisotopic (exact) mass is 396 g/mol. The first-order valence-corrected chi connectivity index (χ1v) is 8.98. The summed E-state index contributed by atoms with van der Waals surface area (Å²) in [6, 6.07) is 18.3. The van der Waals surface area contributed by atoms with Crippen LogP contribution in [0.4, 0.5) is 0 Å². The highest BCUT2D eigenvalue weighted by molar-refractivity contribution is 9.10. The predicted molar refractivity (Wildman–Crippen MR) is 102 cm³/mol. The van der Waals surface area contributed by atoms with Gasteiger partial charge in [-0.05, 0) is 31.2 Å². The van der Waals surface area contributed by atoms with Crippen LogP contribution in [0, 0.1) is 0 Å². The van der Waals surface area contributed by atoms with E-state index in [1.165, 1.54) is 0 Å². The third kappa shape index (κ3) is 2.74. The van der Waals surface area contributed by atoms with Crippen molar-refractivity contribution in [1.82, 2.24) is 9.88 Å². The van der Waals surface area contributed by atoms with Crippen LogP contribution >= 0.6 is 15.9 Å². The summed E-state index contributed by atoms with van der Waals surface area (Å²) in [6.07, 6.45) is 1.65. The molecule has 0 fully saturated rings. The Morgan fingerprint density at radius 3 is 2.76 bits per heavy atom. The molecule has 1 atom stereocenters. The smallest absolute Gasteiger partial charge is 0.354 e. The summed E-state index contributed by atoms with van der Waals surface area (Å²) in [6.45, 7) is 2.16. The SMILES string of the molecule is CCOC(=O)C1=Cc2cc3ccccc3n2C(c2ccccc2Br)N1. The lowest BCUT2D eigenvalue weighted by atomic mass is 10.1. The van der Waals surface area contributed by atoms with Crippen LogP contribution in [0.25, 0.3) is 17.0 Å². The molecule has 0 spiro atoms. The number of benzene rings is 2. The van der Waals surface area contributed by atoms with E-state index in [-0.39, 0.29) is 12.1 Å². The number of esters is 1. The van der Waals surface area contributed by atoms with Crippen molar-refractivity contribution in [2.24, 2.45) is 0 Å². The Labute approximate surface area is 154 Å². The quantitative estimate of drug-likeness (QED) is 0.664. The average molecular weight is 397 g/mol. The largest absolute Gasteiger partial charge is 0.461 e. The first kappa shape index (κ1) is 16.0. The minimum Gasteiger partial charge on any atom is -0.461 e. The van der Waals surface area contributed by atoms with Gasteiger partial charge in [-0.3, -0.25) is 0 Å². The number of aromatic nitrogens is 1. The van der Waals surface area contributed by atoms with Gasteiger partial charge in [-0.1, -0.05) is 52.3 Å². The summed E-state index contributed by atoms with van der Waals surface area (Å²) in [5, 5.41) is 4.49. The molecule has 25 heavy (non-hydrogen) atoms. The Hall–Kier alpha value is -2.53. The highest BCUT2D eigenvalue weighted by Crippen LogP contribution is 2.34. The third-order valence-corrected chi connectivity index (χ3v) is 5.04. The van der Waals surface area contributed by atoms with Gasteiger partial charge in [-0.2, -0.15) is 0 Å². The summed E-state index contributed by atoms with van der Waals surface area (Å²) < 4.78 is 8.39. The van der Waals surface area contributed by atoms with E-state index in [0.717, 1.165) is 26.6 Å². The molecule has 3 aromatic rings. The summed E-state index contributed by atoms with van der Waals surface area (Å²) in [7, 11) is 0. The summed E-state index contributed by atoms with van der Waals surface area (Å²) in [4.78, 5) is 12.3. The van der Waals surface area contributed by atoms with Crippen LogP contribution in [-0.4, -0.2) is 17.1 Å². The molecule has 0 aliphatic carbocycles. The molecule has 0 saturated heterocycles. The molecule has 4 rings (SSSR count). The zero-order chi connectivity index (χ0) is 17.4. The molecular formula is C20H17BrN2O2. The molecule has 1 N–H and O–H groups in total. The lowest BCUT2D eigenvalue weighted by molar-refractivity contribution is -0.139. The number of fused-ring (bicyclic) bond motifs is 3. The summed E-state index contributed by atoms with van der Waals surface area (Å²) >= 11 is 3.63. The van der Waals surface area contributed by atoms with Gasteiger partial charge in [0.05, 0.1) is 12.1 Å². The molecule has 2 aromatic carbocycles. The maximum atomic E-state index is 12.3. The van der Waals surface area contributed by atoms with Crippen molar-refractivity contribution >= 4 is 38.9 Å². The van der Waals surface area contributed by atoms with Crippen LogP contribution < -0.4 is 5.32 Å². The number of carbonyl (C=O) groups excluding carboxylic acids is 1. The van der Waals surface area contributed by atoms with Gasteiger partial charge in [0.1, 0.15) is 11.9 Å². The molecule has 0 saturated carbocycles. The van der Waals surface area contributed by atoms with Crippen molar-refractivity contribution < 1.29 is 9.53 Å². The Kier molecular flexibility index (Phi) is 4.09. The highest BCUT2D eigenvalue weighted by Gasteiger charge is 2.28. The van der Waals surface area contributed by atoms with E-state index in [4.69, 9.17) is 4.74 Å². The fraction of sp³-hybridized carbons (Fsp3) is 0.150. The van der Waals surface area contributed by atoms with Gasteiger partial charge in [0.15, 0.2) is 0 Å². The van der Waals surface area contributed by atoms with Crippen molar-refractivity contribution in [3.8, 4) is 0 Å². The standard InChI is InChI=1S/C20H17BrN2O2/c1-2-25-20(24)17-12-14-11-13-7-3-6-10-18(13)23(14)19(22-17)15-8-4-5-9-16(15)21/h3-12,19,22H,2H2,1H3. The number of carbonyl (C=O) groups is 1. The molecule has 2 heterocycles. The van der Waals surface area contributed by atoms with E-state index in [1.807, 2.05) is 49.4 Å². The van der Waals surface area contributed by atoms with Gasteiger partial charge in [-0.15, -0.1) is 0 Å². The van der Waals surface area contributed by atoms with Crippen molar-refractivity contribution in [1.29, 1.82) is 0 Å². The lowest BCUT2D eigenvalue weighted by Crippen LogP contribution is -2.35. The fourth-order valence-electron chi connectivity index (χ4n) is 3.24. The number of hydrogen-bond acceptors (Lipinski definition) is 3. The summed E-state index contributed by atoms with van der Waals surface area (Å²) in [5.41, 5.74) is 3.62. The first-order chi connectivity index (χ1) is 12.2. The zero-order valence-corrected chi connectivity index (χ0v) is 15.3. The van der Waals surface area contributed by atoms with Gasteiger partial charge >= 0.3 is 5.97 Å². The predicted octanol–water partition coefficient (Wildman–Crippen LogP) is 4.46. The second-order valence-corrected chi connectivity index (χ2v) is 6.70. The highest BCUT2D eigenvalue weighted by atomic mass is 79.9. The molecule has 126 valence electrons. The van der Waals surface area contributed by atoms with E-state index in [2.05, 4.69) is 44.0 Å². The molecule has 1 unspecified atom stereocenters. The molecule has 1 aromatic heterocycles. The molecule has 5 heteroatoms. The van der Waals surface area contributed by atoms with Crippen LogP contribution in [0.1, 0.15) is 24.3 Å². The van der Waals surface area contributed by atoms with E-state index >= 15 is 0 Å². The number of nitrogens with one attached hydrogen (secondary N) is 1. The van der Waals surface area contributed by atoms with Gasteiger partial charge < -0.3 is 14.6 Å². The van der Waals surface area contributed by atoms with Gasteiger partial charge in [0, 0.05) is 21.1 Å². The third-order valence-electron chi connectivity index (χ3n) is 4.32. The van der Waals surface area contributed by atoms with Crippen LogP contribution in [0.3, 0.4) is 0 Å². The molecule has 1 aliphatic heterocycles. The minimum absolute atomic E-state index is 0.199. The Morgan fingerprint density at radius 2 is 1.96 bits per heavy atom. The van der Waals surface area contributed by atoms with Crippen LogP contribution in [0.2, 0.25) is 0 Å². The van der Waals surface area contributed by atoms with Crippen LogP contribution in [0.5, 0.6) is 0 Å². The first-order valence-electron chi connectivity index (χ1n) is 8.19. The van der Waals surface area contributed by atoms with Crippen molar-refractivity contribution in [2.45, 2.75) is 13.1 Å². The van der Waals surface area contributed by atoms with E-state index in [1.54, 1.807) is 0 Å². The van der Waals surface area contributed by atoms with Crippen LogP contribution in [-0.2, 0) is 9.53 Å². The molecule has 1 aliphatic rings. The normalized spacial score (nSPS) is 16.1. The number of hydrogen-bond donors (Lipinski definition) is 1. The summed E-state index contributed by atoms with van der Waals surface area (Å²) in [5.74, 6) is -0.337. The average Bonchev–Trinajstić information content (AvgIpc) is 3.00. The number of rotatable bonds is 3. The molecule has 0 bridgehead atoms. The van der Waals surface area contributed by atoms with E-state index < -0.39 is 0 Å². The molecule has 0 amide bonds. The fourth-order valence-corrected chi connectivity index (χ4v) is 3.74. The van der Waals surface area contributed by atoms with Crippen LogP contribution in [0.15, 0.2) is 64.8 Å². The van der Waals surface area contributed by atoms with Gasteiger partial charge in [0.2, 0.25) is 0 Å². The second kappa shape index (κ2) is 6.41. The van der Waals surface area contributed by atoms with E-state index in [9.17, 15) is 4.79 Å². The maximum absolute atomic E-state index is 12.3. The van der Waals surface area contributed by atoms with Gasteiger partial charge in [-0.25, -0.2) is 4.79 Å². The van der Waals surface area contributed by atoms with Crippen molar-refractivity contribution in [3.63, 3.8) is 0 Å². The molecule has 0 radical (unpaired) electrons. The lowest BCUT2D eigenvalue weighted by Gasteiger charge is -2.29. The maximum Gasteiger partial charge on any atom is 0.354 e. The second-order valence-electron chi connectivity index (χ2n) is 5.84. The zero-order valence-electron chi connectivity index (χ0n) is 13.7. The molecular weight excluding hydrogens is 380 g/mol. The van der Waals surface area contributed by atoms with Crippen molar-refractivity contribution in [3.05, 3.63) is 76.0 Å².